The highest BCUT2D eigenvalue weighted by Gasteiger charge is 2.33. The van der Waals surface area contributed by atoms with Gasteiger partial charge in [-0.15, -0.1) is 0 Å². The van der Waals surface area contributed by atoms with E-state index in [0.717, 1.165) is 19.0 Å². The van der Waals surface area contributed by atoms with E-state index in [0.29, 0.717) is 12.0 Å². The molecular formula is C15H26N2. The van der Waals surface area contributed by atoms with Crippen molar-refractivity contribution in [3.63, 3.8) is 0 Å². The van der Waals surface area contributed by atoms with E-state index >= 15 is 0 Å². The Labute approximate surface area is 106 Å². The first-order valence-electron chi connectivity index (χ1n) is 7.52. The van der Waals surface area contributed by atoms with E-state index in [2.05, 4.69) is 17.9 Å². The van der Waals surface area contributed by atoms with Crippen LogP contribution in [0.2, 0.25) is 0 Å². The maximum atomic E-state index is 9.33. The van der Waals surface area contributed by atoms with Gasteiger partial charge in [-0.1, -0.05) is 39.0 Å². The van der Waals surface area contributed by atoms with Crippen molar-refractivity contribution in [1.82, 2.24) is 4.90 Å². The van der Waals surface area contributed by atoms with Gasteiger partial charge >= 0.3 is 0 Å². The maximum Gasteiger partial charge on any atom is 0.0672 e. The number of rotatable bonds is 3. The van der Waals surface area contributed by atoms with Crippen molar-refractivity contribution < 1.29 is 0 Å². The Bertz CT molecular complexity index is 263. The van der Waals surface area contributed by atoms with Crippen LogP contribution in [0.15, 0.2) is 0 Å². The van der Waals surface area contributed by atoms with Crippen LogP contribution < -0.4 is 0 Å². The van der Waals surface area contributed by atoms with E-state index < -0.39 is 0 Å². The Balaban J connectivity index is 2.02. The van der Waals surface area contributed by atoms with Gasteiger partial charge < -0.3 is 0 Å². The van der Waals surface area contributed by atoms with Crippen LogP contribution in [0.5, 0.6) is 0 Å². The van der Waals surface area contributed by atoms with Crippen LogP contribution in [0.3, 0.4) is 0 Å². The van der Waals surface area contributed by atoms with Crippen molar-refractivity contribution in [2.75, 3.05) is 6.54 Å². The summed E-state index contributed by atoms with van der Waals surface area (Å²) in [5, 5.41) is 9.33. The van der Waals surface area contributed by atoms with Crippen molar-refractivity contribution in [3.05, 3.63) is 0 Å². The zero-order valence-electron chi connectivity index (χ0n) is 11.2. The third-order valence-electron chi connectivity index (χ3n) is 4.73. The molecule has 17 heavy (non-hydrogen) atoms. The Hall–Kier alpha value is -0.550. The zero-order valence-corrected chi connectivity index (χ0v) is 11.2. The number of hydrogen-bond donors (Lipinski definition) is 0. The van der Waals surface area contributed by atoms with Gasteiger partial charge in [-0.25, -0.2) is 0 Å². The molecule has 96 valence electrons. The van der Waals surface area contributed by atoms with E-state index in [9.17, 15) is 5.26 Å². The van der Waals surface area contributed by atoms with Crippen molar-refractivity contribution in [2.24, 2.45) is 5.92 Å². The van der Waals surface area contributed by atoms with E-state index in [1.54, 1.807) is 0 Å². The number of nitrogens with zero attached hydrogens (tertiary/aromatic N) is 2. The first-order chi connectivity index (χ1) is 8.36. The average Bonchev–Trinajstić information content (AvgIpc) is 2.41. The van der Waals surface area contributed by atoms with Crippen LogP contribution in [0.4, 0.5) is 0 Å². The van der Waals surface area contributed by atoms with Crippen molar-refractivity contribution in [2.45, 2.75) is 76.8 Å². The Morgan fingerprint density at radius 2 is 1.65 bits per heavy atom. The maximum absolute atomic E-state index is 9.33. The molecule has 0 aromatic carbocycles. The van der Waals surface area contributed by atoms with Gasteiger partial charge in [0, 0.05) is 12.1 Å². The zero-order chi connectivity index (χ0) is 12.1. The largest absolute Gasteiger partial charge is 0.296 e. The fourth-order valence-corrected chi connectivity index (χ4v) is 3.84. The second kappa shape index (κ2) is 6.40. The lowest BCUT2D eigenvalue weighted by Gasteiger charge is -2.43. The third kappa shape index (κ3) is 3.01. The molecule has 0 saturated heterocycles. The first kappa shape index (κ1) is 12.9. The third-order valence-corrected chi connectivity index (χ3v) is 4.73. The molecule has 2 nitrogen and oxygen atoms in total. The molecule has 0 aliphatic heterocycles. The predicted octanol–water partition coefficient (Wildman–Crippen LogP) is 3.72. The van der Waals surface area contributed by atoms with E-state index in [1.165, 1.54) is 51.4 Å². The molecule has 0 heterocycles. The van der Waals surface area contributed by atoms with Gasteiger partial charge in [0.1, 0.15) is 0 Å². The summed E-state index contributed by atoms with van der Waals surface area (Å²) in [6, 6.07) is 3.89. The Morgan fingerprint density at radius 3 is 2.29 bits per heavy atom. The minimum absolute atomic E-state index is 0.297. The lowest BCUT2D eigenvalue weighted by Crippen LogP contribution is -2.48. The average molecular weight is 234 g/mol. The molecule has 2 rings (SSSR count). The standard InChI is InChI=1S/C15H26N2/c1-2-17(14-9-4-3-5-10-14)15-11-7-6-8-13(15)12-16/h13-15H,2-11H2,1H3. The van der Waals surface area contributed by atoms with Crippen LogP contribution in [-0.2, 0) is 0 Å². The van der Waals surface area contributed by atoms with Crippen LogP contribution in [0.25, 0.3) is 0 Å². The van der Waals surface area contributed by atoms with Gasteiger partial charge in [0.05, 0.1) is 12.0 Å². The first-order valence-corrected chi connectivity index (χ1v) is 7.52. The molecule has 0 radical (unpaired) electrons. The number of nitriles is 1. The smallest absolute Gasteiger partial charge is 0.0672 e. The lowest BCUT2D eigenvalue weighted by atomic mass is 9.82. The van der Waals surface area contributed by atoms with E-state index in [4.69, 9.17) is 0 Å². The minimum atomic E-state index is 0.297. The van der Waals surface area contributed by atoms with Crippen LogP contribution >= 0.6 is 0 Å². The molecule has 2 heteroatoms. The fourth-order valence-electron chi connectivity index (χ4n) is 3.84. The normalized spacial score (nSPS) is 31.4. The molecule has 0 amide bonds. The fraction of sp³-hybridized carbons (Fsp3) is 0.933. The molecule has 2 aliphatic carbocycles. The molecule has 0 N–H and O–H groups in total. The summed E-state index contributed by atoms with van der Waals surface area (Å²) in [7, 11) is 0. The summed E-state index contributed by atoms with van der Waals surface area (Å²) in [4.78, 5) is 2.67. The van der Waals surface area contributed by atoms with Gasteiger partial charge in [0.15, 0.2) is 0 Å². The molecule has 0 aromatic rings. The van der Waals surface area contributed by atoms with Gasteiger partial charge in [0.2, 0.25) is 0 Å². The summed E-state index contributed by atoms with van der Waals surface area (Å²) >= 11 is 0. The summed E-state index contributed by atoms with van der Waals surface area (Å²) in [5.74, 6) is 0.297. The SMILES string of the molecule is CCN(C1CCCCC1)C1CCCCC1C#N. The minimum Gasteiger partial charge on any atom is -0.296 e. The number of hydrogen-bond acceptors (Lipinski definition) is 2. The highest BCUT2D eigenvalue weighted by atomic mass is 15.2. The highest BCUT2D eigenvalue weighted by Crippen LogP contribution is 2.32. The molecule has 2 fully saturated rings. The van der Waals surface area contributed by atoms with E-state index in [1.807, 2.05) is 0 Å². The summed E-state index contributed by atoms with van der Waals surface area (Å²) in [6.45, 7) is 3.41. The van der Waals surface area contributed by atoms with Crippen LogP contribution in [0, 0.1) is 17.2 Å². The molecule has 2 unspecified atom stereocenters. The second-order valence-electron chi connectivity index (χ2n) is 5.71. The Morgan fingerprint density at radius 1 is 1.00 bits per heavy atom. The lowest BCUT2D eigenvalue weighted by molar-refractivity contribution is 0.0670. The quantitative estimate of drug-likeness (QED) is 0.744. The van der Waals surface area contributed by atoms with Gasteiger partial charge in [-0.05, 0) is 32.2 Å². The molecule has 0 bridgehead atoms. The van der Waals surface area contributed by atoms with Gasteiger partial charge in [0.25, 0.3) is 0 Å². The highest BCUT2D eigenvalue weighted by molar-refractivity contribution is 4.97. The van der Waals surface area contributed by atoms with Crippen molar-refractivity contribution in [1.29, 1.82) is 5.26 Å². The molecule has 2 atom stereocenters. The molecule has 2 saturated carbocycles. The molecule has 2 aliphatic rings. The van der Waals surface area contributed by atoms with E-state index in [-0.39, 0.29) is 0 Å². The monoisotopic (exact) mass is 234 g/mol. The second-order valence-corrected chi connectivity index (χ2v) is 5.71. The van der Waals surface area contributed by atoms with Crippen molar-refractivity contribution >= 4 is 0 Å². The summed E-state index contributed by atoms with van der Waals surface area (Å²) in [5.41, 5.74) is 0. The van der Waals surface area contributed by atoms with Crippen molar-refractivity contribution in [3.8, 4) is 6.07 Å². The van der Waals surface area contributed by atoms with Crippen LogP contribution in [0.1, 0.15) is 64.7 Å². The molecular weight excluding hydrogens is 208 g/mol. The Kier molecular flexibility index (Phi) is 4.86. The molecule has 0 spiro atoms. The van der Waals surface area contributed by atoms with Crippen LogP contribution in [-0.4, -0.2) is 23.5 Å². The topological polar surface area (TPSA) is 27.0 Å². The summed E-state index contributed by atoms with van der Waals surface area (Å²) in [6.07, 6.45) is 11.9. The molecule has 0 aromatic heterocycles. The predicted molar refractivity (Wildman–Crippen MR) is 70.6 cm³/mol. The van der Waals surface area contributed by atoms with Gasteiger partial charge in [-0.2, -0.15) is 5.26 Å². The van der Waals surface area contributed by atoms with Gasteiger partial charge in [-0.3, -0.25) is 4.90 Å². The summed E-state index contributed by atoms with van der Waals surface area (Å²) < 4.78 is 0.